The van der Waals surface area contributed by atoms with Crippen molar-refractivity contribution in [1.29, 1.82) is 0 Å². The van der Waals surface area contributed by atoms with E-state index in [4.69, 9.17) is 0 Å². The molecule has 0 bridgehead atoms. The number of likely N-dealkylation sites (tertiary alicyclic amines) is 1. The zero-order chi connectivity index (χ0) is 25.6. The minimum atomic E-state index is 0. The van der Waals surface area contributed by atoms with Crippen molar-refractivity contribution in [2.45, 2.75) is 114 Å². The third-order valence-corrected chi connectivity index (χ3v) is 9.69. The maximum absolute atomic E-state index is 13.9. The first-order valence-corrected chi connectivity index (χ1v) is 15.6. The fourth-order valence-corrected chi connectivity index (χ4v) is 7.22. The first-order valence-electron chi connectivity index (χ1n) is 14.8. The van der Waals surface area contributed by atoms with E-state index in [1.165, 1.54) is 54.6 Å². The molecule has 2 amide bonds. The van der Waals surface area contributed by atoms with E-state index in [-0.39, 0.29) is 18.4 Å². The van der Waals surface area contributed by atoms with E-state index < -0.39 is 0 Å². The largest absolute Gasteiger partial charge is 0.412 e. The summed E-state index contributed by atoms with van der Waals surface area (Å²) in [6.07, 6.45) is 18.7. The predicted octanol–water partition coefficient (Wildman–Crippen LogP) is 5.36. The van der Waals surface area contributed by atoms with Gasteiger partial charge in [-0.25, -0.2) is 4.79 Å². The molecule has 0 spiro atoms. The van der Waals surface area contributed by atoms with Crippen LogP contribution >= 0.6 is 11.9 Å². The van der Waals surface area contributed by atoms with Crippen LogP contribution in [-0.4, -0.2) is 75.5 Å². The number of carbonyl (C=O) groups excluding carboxylic acids is 1. The molecule has 4 aliphatic rings. The average molecular weight is 561 g/mol. The van der Waals surface area contributed by atoms with Gasteiger partial charge in [-0.05, 0) is 94.0 Å². The Labute approximate surface area is 241 Å². The van der Waals surface area contributed by atoms with Gasteiger partial charge in [-0.2, -0.15) is 0 Å². The first-order chi connectivity index (χ1) is 18.1. The van der Waals surface area contributed by atoms with Gasteiger partial charge in [0.25, 0.3) is 0 Å². The highest BCUT2D eigenvalue weighted by Gasteiger charge is 2.45. The molecule has 1 saturated carbocycles. The Hall–Kier alpha value is -1.84. The number of hydrogen-bond acceptors (Lipinski definition) is 4. The van der Waals surface area contributed by atoms with Crippen LogP contribution in [-0.2, 0) is 6.54 Å². The Morgan fingerprint density at radius 1 is 0.974 bits per heavy atom. The van der Waals surface area contributed by atoms with Gasteiger partial charge < -0.3 is 20.8 Å². The molecule has 220 valence electrons. The second kappa shape index (κ2) is 15.2. The summed E-state index contributed by atoms with van der Waals surface area (Å²) >= 11 is 1.71. The summed E-state index contributed by atoms with van der Waals surface area (Å²) < 4.78 is 3.42. The molecule has 1 atom stereocenters. The molecular weight excluding hydrogens is 508 g/mol. The molecule has 39 heavy (non-hydrogen) atoms. The van der Waals surface area contributed by atoms with E-state index in [2.05, 4.69) is 75.8 Å². The van der Waals surface area contributed by atoms with Crippen molar-refractivity contribution in [1.82, 2.24) is 19.4 Å². The zero-order valence-corrected chi connectivity index (χ0v) is 24.7. The lowest BCUT2D eigenvalue weighted by Crippen LogP contribution is -2.50. The van der Waals surface area contributed by atoms with E-state index in [1.807, 2.05) is 0 Å². The van der Waals surface area contributed by atoms with Crippen LogP contribution in [0.3, 0.4) is 0 Å². The lowest BCUT2D eigenvalue weighted by atomic mass is 9.94. The smallest absolute Gasteiger partial charge is 0.321 e. The molecule has 7 nitrogen and oxygen atoms in total. The fraction of sp³-hybridized carbons (Fsp3) is 0.645. The summed E-state index contributed by atoms with van der Waals surface area (Å²) in [5, 5.41) is 0. The van der Waals surface area contributed by atoms with Gasteiger partial charge in [-0.15, -0.1) is 0 Å². The van der Waals surface area contributed by atoms with Crippen molar-refractivity contribution >= 4 is 18.0 Å². The van der Waals surface area contributed by atoms with E-state index in [1.54, 1.807) is 11.9 Å². The van der Waals surface area contributed by atoms with Crippen LogP contribution in [0.4, 0.5) is 4.79 Å². The van der Waals surface area contributed by atoms with Gasteiger partial charge in [0, 0.05) is 50.6 Å². The number of nitrogens with zero attached hydrogens (tertiary/aromatic N) is 3. The molecule has 2 saturated heterocycles. The van der Waals surface area contributed by atoms with Crippen LogP contribution in [0.15, 0.2) is 53.0 Å². The normalized spacial score (nSPS) is 23.4. The minimum Gasteiger partial charge on any atom is -0.412 e. The second-order valence-corrected chi connectivity index (χ2v) is 12.6. The van der Waals surface area contributed by atoms with Crippen LogP contribution in [0, 0.1) is 0 Å². The van der Waals surface area contributed by atoms with E-state index >= 15 is 0 Å². The molecular formula is C31H52N4O3S. The third-order valence-electron chi connectivity index (χ3n) is 8.59. The molecule has 5 N–H and O–H groups in total. The molecule has 0 radical (unpaired) electrons. The molecule has 1 aromatic carbocycles. The first kappa shape index (κ1) is 31.7. The Bertz CT molecular complexity index is 960. The van der Waals surface area contributed by atoms with Crippen LogP contribution in [0.25, 0.3) is 0 Å². The molecule has 1 aromatic rings. The summed E-state index contributed by atoms with van der Waals surface area (Å²) in [7, 11) is 0. The molecule has 0 aromatic heterocycles. The van der Waals surface area contributed by atoms with Gasteiger partial charge in [0.1, 0.15) is 0 Å². The number of nitrogens with one attached hydrogen (secondary N) is 1. The van der Waals surface area contributed by atoms with Crippen molar-refractivity contribution in [2.24, 2.45) is 0 Å². The Kier molecular flexibility index (Phi) is 12.4. The maximum Gasteiger partial charge on any atom is 0.321 e. The SMILES string of the molecule is CC(C)NSc1ccc(CN2CCC(N3C(=O)N(C4CCCCC4)C[C@H]3C3=CC=CCCC3)CC2)cc1.O.O.[HH]. The molecule has 3 fully saturated rings. The highest BCUT2D eigenvalue weighted by Crippen LogP contribution is 2.35. The van der Waals surface area contributed by atoms with Gasteiger partial charge in [0.15, 0.2) is 0 Å². The van der Waals surface area contributed by atoms with Crippen molar-refractivity contribution in [3.8, 4) is 0 Å². The summed E-state index contributed by atoms with van der Waals surface area (Å²) in [4.78, 5) is 22.4. The molecule has 5 rings (SSSR count). The second-order valence-electron chi connectivity index (χ2n) is 11.7. The van der Waals surface area contributed by atoms with Crippen LogP contribution < -0.4 is 4.72 Å². The molecule has 8 heteroatoms. The quantitative estimate of drug-likeness (QED) is 0.433. The number of piperidine rings is 1. The Balaban J connectivity index is 0.00000187. The van der Waals surface area contributed by atoms with Crippen molar-refractivity contribution in [3.05, 3.63) is 53.6 Å². The van der Waals surface area contributed by atoms with E-state index in [9.17, 15) is 4.79 Å². The van der Waals surface area contributed by atoms with Crippen LogP contribution in [0.5, 0.6) is 0 Å². The molecule has 0 unspecified atom stereocenters. The van der Waals surface area contributed by atoms with E-state index in [0.717, 1.165) is 51.9 Å². The minimum absolute atomic E-state index is 0. The molecule has 2 heterocycles. The third kappa shape index (κ3) is 8.10. The lowest BCUT2D eigenvalue weighted by Gasteiger charge is -2.39. The summed E-state index contributed by atoms with van der Waals surface area (Å²) in [6.45, 7) is 8.36. The van der Waals surface area contributed by atoms with Gasteiger partial charge in [0.05, 0.1) is 6.04 Å². The number of benzene rings is 1. The summed E-state index contributed by atoms with van der Waals surface area (Å²) in [5.74, 6) is 0. The summed E-state index contributed by atoms with van der Waals surface area (Å²) in [6, 6.07) is 10.9. The van der Waals surface area contributed by atoms with Crippen molar-refractivity contribution in [2.75, 3.05) is 19.6 Å². The molecule has 2 aliphatic carbocycles. The summed E-state index contributed by atoms with van der Waals surface area (Å²) in [5.41, 5.74) is 2.86. The van der Waals surface area contributed by atoms with Gasteiger partial charge in [-0.3, -0.25) is 9.62 Å². The highest BCUT2D eigenvalue weighted by molar-refractivity contribution is 7.97. The Morgan fingerprint density at radius 3 is 2.38 bits per heavy atom. The Morgan fingerprint density at radius 2 is 1.69 bits per heavy atom. The van der Waals surface area contributed by atoms with Gasteiger partial charge in [-0.1, -0.05) is 49.6 Å². The lowest BCUT2D eigenvalue weighted by molar-refractivity contribution is 0.111. The number of carbonyl (C=O) groups is 1. The number of rotatable bonds is 8. The fourth-order valence-electron chi connectivity index (χ4n) is 6.57. The predicted molar refractivity (Wildman–Crippen MR) is 164 cm³/mol. The highest BCUT2D eigenvalue weighted by atomic mass is 32.2. The number of hydrogen-bond donors (Lipinski definition) is 1. The zero-order valence-electron chi connectivity index (χ0n) is 23.9. The standard InChI is InChI=1S/C31H46N4OS.2H2O.H2/c1-24(2)32-37-29-16-14-25(15-17-29)22-33-20-18-28(19-21-33)35-30(26-10-6-3-4-7-11-26)23-34(31(35)36)27-12-8-5-9-13-27;;;/h3,6,10,14-17,24,27-28,30,32H,4-5,7-9,11-13,18-23H2,1-2H3;2*1H2;1H/t30-;;;/m0.../s1. The maximum atomic E-state index is 13.9. The number of allylic oxidation sites excluding steroid dienone is 3. The van der Waals surface area contributed by atoms with E-state index in [0.29, 0.717) is 24.2 Å². The average Bonchev–Trinajstić information content (AvgIpc) is 3.07. The number of amides is 2. The van der Waals surface area contributed by atoms with Crippen molar-refractivity contribution in [3.63, 3.8) is 0 Å². The van der Waals surface area contributed by atoms with Crippen LogP contribution in [0.1, 0.15) is 85.0 Å². The monoisotopic (exact) mass is 560 g/mol. The van der Waals surface area contributed by atoms with Crippen molar-refractivity contribution < 1.29 is 17.2 Å². The van der Waals surface area contributed by atoms with Gasteiger partial charge in [0.2, 0.25) is 0 Å². The number of urea groups is 1. The van der Waals surface area contributed by atoms with Crippen LogP contribution in [0.2, 0.25) is 0 Å². The van der Waals surface area contributed by atoms with Gasteiger partial charge >= 0.3 is 6.03 Å². The molecule has 2 aliphatic heterocycles. The topological polar surface area (TPSA) is 102 Å².